The molecule has 0 bridgehead atoms. The molecule has 1 fully saturated rings. The van der Waals surface area contributed by atoms with Crippen molar-refractivity contribution in [1.82, 2.24) is 4.90 Å². The summed E-state index contributed by atoms with van der Waals surface area (Å²) in [6, 6.07) is 7.70. The second kappa shape index (κ2) is 7.06. The number of halogens is 1. The number of Topliss-reactive ketones (excluding diaryl/α,β-unsaturated/α-hetero) is 1. The fourth-order valence-corrected chi connectivity index (χ4v) is 3.54. The van der Waals surface area contributed by atoms with Gasteiger partial charge in [0.15, 0.2) is 5.78 Å². The molecule has 1 heterocycles. The molecule has 0 amide bonds. The molecule has 1 aliphatic rings. The lowest BCUT2D eigenvalue weighted by Gasteiger charge is -2.29. The van der Waals surface area contributed by atoms with E-state index >= 15 is 0 Å². The molecule has 0 spiro atoms. The van der Waals surface area contributed by atoms with Gasteiger partial charge in [0.1, 0.15) is 0 Å². The molecule has 2 nitrogen and oxygen atoms in total. The molecule has 116 valence electrons. The third-order valence-corrected chi connectivity index (χ3v) is 5.05. The fraction of sp³-hybridized carbons (Fsp3) is 0.611. The molecule has 1 unspecified atom stereocenters. The van der Waals surface area contributed by atoms with Gasteiger partial charge in [-0.15, -0.1) is 0 Å². The number of carbonyl (C=O) groups is 1. The van der Waals surface area contributed by atoms with Crippen molar-refractivity contribution in [2.75, 3.05) is 19.6 Å². The molecular formula is C18H26BrNO. The van der Waals surface area contributed by atoms with Crippen molar-refractivity contribution < 1.29 is 4.79 Å². The summed E-state index contributed by atoms with van der Waals surface area (Å²) in [6.07, 6.45) is 3.69. The zero-order valence-electron chi connectivity index (χ0n) is 13.4. The first-order valence-electron chi connectivity index (χ1n) is 7.87. The number of carbonyl (C=O) groups excluding carboxylic acids is 1. The van der Waals surface area contributed by atoms with Gasteiger partial charge in [0, 0.05) is 10.0 Å². The van der Waals surface area contributed by atoms with Crippen molar-refractivity contribution in [3.8, 4) is 0 Å². The highest BCUT2D eigenvalue weighted by molar-refractivity contribution is 9.10. The van der Waals surface area contributed by atoms with Gasteiger partial charge in [-0.25, -0.2) is 0 Å². The van der Waals surface area contributed by atoms with Crippen LogP contribution in [0.1, 0.15) is 50.4 Å². The van der Waals surface area contributed by atoms with Crippen LogP contribution in [0, 0.1) is 11.3 Å². The maximum Gasteiger partial charge on any atom is 0.176 e. The predicted molar refractivity (Wildman–Crippen MR) is 91.7 cm³/mol. The summed E-state index contributed by atoms with van der Waals surface area (Å²) in [5, 5.41) is 0. The SMILES string of the molecule is CC(C)(C)C1CCCN(CC(=O)c2cccc(Br)c2)CC1. The zero-order chi connectivity index (χ0) is 15.5. The summed E-state index contributed by atoms with van der Waals surface area (Å²) in [7, 11) is 0. The molecule has 0 saturated carbocycles. The van der Waals surface area contributed by atoms with Crippen molar-refractivity contribution in [2.24, 2.45) is 11.3 Å². The van der Waals surface area contributed by atoms with E-state index in [-0.39, 0.29) is 5.78 Å². The number of nitrogens with zero attached hydrogens (tertiary/aromatic N) is 1. The first-order chi connectivity index (χ1) is 9.86. The maximum absolute atomic E-state index is 12.4. The number of rotatable bonds is 3. The van der Waals surface area contributed by atoms with Gasteiger partial charge >= 0.3 is 0 Å². The average Bonchev–Trinajstić information content (AvgIpc) is 2.64. The highest BCUT2D eigenvalue weighted by Crippen LogP contribution is 2.34. The van der Waals surface area contributed by atoms with Crippen LogP contribution in [0.3, 0.4) is 0 Å². The summed E-state index contributed by atoms with van der Waals surface area (Å²) in [5.74, 6) is 0.994. The molecule has 1 atom stereocenters. The molecule has 0 N–H and O–H groups in total. The van der Waals surface area contributed by atoms with Crippen LogP contribution < -0.4 is 0 Å². The third-order valence-electron chi connectivity index (χ3n) is 4.56. The van der Waals surface area contributed by atoms with E-state index in [1.165, 1.54) is 19.3 Å². The number of hydrogen-bond acceptors (Lipinski definition) is 2. The molecule has 21 heavy (non-hydrogen) atoms. The predicted octanol–water partition coefficient (Wildman–Crippen LogP) is 4.78. The minimum atomic E-state index is 0.227. The molecule has 1 aromatic rings. The van der Waals surface area contributed by atoms with Crippen LogP contribution in [-0.4, -0.2) is 30.3 Å². The quantitative estimate of drug-likeness (QED) is 0.730. The third kappa shape index (κ3) is 4.93. The first-order valence-corrected chi connectivity index (χ1v) is 8.66. The van der Waals surface area contributed by atoms with Crippen molar-refractivity contribution in [2.45, 2.75) is 40.0 Å². The Morgan fingerprint density at radius 1 is 1.29 bits per heavy atom. The van der Waals surface area contributed by atoms with Crippen LogP contribution in [-0.2, 0) is 0 Å². The highest BCUT2D eigenvalue weighted by Gasteiger charge is 2.27. The Morgan fingerprint density at radius 2 is 2.05 bits per heavy atom. The molecule has 2 rings (SSSR count). The molecule has 1 aromatic carbocycles. The minimum Gasteiger partial charge on any atom is -0.296 e. The molecule has 1 aliphatic heterocycles. The van der Waals surface area contributed by atoms with Crippen LogP contribution in [0.5, 0.6) is 0 Å². The largest absolute Gasteiger partial charge is 0.296 e. The Hall–Kier alpha value is -0.670. The van der Waals surface area contributed by atoms with Crippen LogP contribution in [0.15, 0.2) is 28.7 Å². The molecule has 3 heteroatoms. The number of benzene rings is 1. The molecule has 1 saturated heterocycles. The lowest BCUT2D eigenvalue weighted by molar-refractivity contribution is 0.0930. The lowest BCUT2D eigenvalue weighted by atomic mass is 9.77. The fourth-order valence-electron chi connectivity index (χ4n) is 3.14. The summed E-state index contributed by atoms with van der Waals surface area (Å²) >= 11 is 3.43. The van der Waals surface area contributed by atoms with Gasteiger partial charge in [0.2, 0.25) is 0 Å². The van der Waals surface area contributed by atoms with E-state index in [9.17, 15) is 4.79 Å². The van der Waals surface area contributed by atoms with Crippen molar-refractivity contribution in [1.29, 1.82) is 0 Å². The van der Waals surface area contributed by atoms with Crippen molar-refractivity contribution in [3.05, 3.63) is 34.3 Å². The standard InChI is InChI=1S/C18H26BrNO/c1-18(2,3)15-7-5-10-20(11-9-15)13-17(21)14-6-4-8-16(19)12-14/h4,6,8,12,15H,5,7,9-11,13H2,1-3H3. The summed E-state index contributed by atoms with van der Waals surface area (Å²) < 4.78 is 0.969. The molecule has 0 aliphatic carbocycles. The van der Waals surface area contributed by atoms with E-state index < -0.39 is 0 Å². The second-order valence-electron chi connectivity index (χ2n) is 7.20. The van der Waals surface area contributed by atoms with Gasteiger partial charge in [-0.3, -0.25) is 9.69 Å². The average molecular weight is 352 g/mol. The number of likely N-dealkylation sites (tertiary alicyclic amines) is 1. The minimum absolute atomic E-state index is 0.227. The van der Waals surface area contributed by atoms with Gasteiger partial charge in [0.25, 0.3) is 0 Å². The second-order valence-corrected chi connectivity index (χ2v) is 8.12. The van der Waals surface area contributed by atoms with E-state index in [4.69, 9.17) is 0 Å². The van der Waals surface area contributed by atoms with Crippen LogP contribution in [0.4, 0.5) is 0 Å². The van der Waals surface area contributed by atoms with Crippen LogP contribution in [0.25, 0.3) is 0 Å². The Kier molecular flexibility index (Phi) is 5.61. The Morgan fingerprint density at radius 3 is 2.71 bits per heavy atom. The van der Waals surface area contributed by atoms with E-state index in [0.29, 0.717) is 12.0 Å². The topological polar surface area (TPSA) is 20.3 Å². The van der Waals surface area contributed by atoms with E-state index in [1.54, 1.807) is 0 Å². The highest BCUT2D eigenvalue weighted by atomic mass is 79.9. The maximum atomic E-state index is 12.4. The number of ketones is 1. The zero-order valence-corrected chi connectivity index (χ0v) is 14.9. The summed E-state index contributed by atoms with van der Waals surface area (Å²) in [5.41, 5.74) is 1.19. The van der Waals surface area contributed by atoms with Gasteiger partial charge in [-0.1, -0.05) is 48.8 Å². The Bertz CT molecular complexity index is 492. The molecular weight excluding hydrogens is 326 g/mol. The molecule has 0 aromatic heterocycles. The normalized spacial score (nSPS) is 21.0. The number of hydrogen-bond donors (Lipinski definition) is 0. The van der Waals surface area contributed by atoms with Crippen LogP contribution >= 0.6 is 15.9 Å². The first kappa shape index (κ1) is 16.7. The lowest BCUT2D eigenvalue weighted by Crippen LogP contribution is -2.31. The van der Waals surface area contributed by atoms with Gasteiger partial charge in [-0.2, -0.15) is 0 Å². The van der Waals surface area contributed by atoms with E-state index in [1.807, 2.05) is 24.3 Å². The van der Waals surface area contributed by atoms with Crippen molar-refractivity contribution >= 4 is 21.7 Å². The van der Waals surface area contributed by atoms with Gasteiger partial charge in [-0.05, 0) is 55.8 Å². The Labute approximate surface area is 137 Å². The smallest absolute Gasteiger partial charge is 0.176 e. The van der Waals surface area contributed by atoms with E-state index in [2.05, 4.69) is 41.6 Å². The van der Waals surface area contributed by atoms with Crippen molar-refractivity contribution in [3.63, 3.8) is 0 Å². The van der Waals surface area contributed by atoms with Gasteiger partial charge < -0.3 is 0 Å². The monoisotopic (exact) mass is 351 g/mol. The van der Waals surface area contributed by atoms with E-state index in [0.717, 1.165) is 29.0 Å². The summed E-state index contributed by atoms with van der Waals surface area (Å²) in [6.45, 7) is 9.64. The van der Waals surface area contributed by atoms with Gasteiger partial charge in [0.05, 0.1) is 6.54 Å². The van der Waals surface area contributed by atoms with Crippen LogP contribution in [0.2, 0.25) is 0 Å². The molecule has 0 radical (unpaired) electrons. The Balaban J connectivity index is 1.93. The summed E-state index contributed by atoms with van der Waals surface area (Å²) in [4.78, 5) is 14.7.